The van der Waals surface area contributed by atoms with Crippen LogP contribution in [-0.4, -0.2) is 133 Å². The number of benzene rings is 10. The summed E-state index contributed by atoms with van der Waals surface area (Å²) in [7, 11) is 7.33. The van der Waals surface area contributed by atoms with Crippen LogP contribution in [0.5, 0.6) is 23.0 Å². The van der Waals surface area contributed by atoms with Crippen molar-refractivity contribution in [2.45, 2.75) is 19.4 Å². The van der Waals surface area contributed by atoms with E-state index in [1.807, 2.05) is 170 Å². The fraction of sp³-hybridized carbons (Fsp3) is 0.0825. The number of fused-ring (bicyclic) bond motifs is 6. The number of carboxylic acids is 2. The summed E-state index contributed by atoms with van der Waals surface area (Å²) in [5.74, 6) is -1.53. The Hall–Kier alpha value is -15.0. The SMILES string of the molecule is COC(=O)c1cccc(-c2ccc3cc(C(=N)N)sc3c2)c1.COC(=O)c1cccc(COc2cc(I)c3cc(C(=N)N)sc3c2)c1.COC(=O)c1cccc2sc(C(=N)N)cc12.COc1ccc(-c2ccc3cc(C(=N)N)sc3c2)cc1OC.Cl.Cl.N=C(N)c1cc2c(-c3cccnc3)cccc2s1.N=C(N)c1cc2ccc(OCc3cccc(C(=O)O)c3)cc2s1.O=C(O)C(F)(F)F.O=CO. The summed E-state index contributed by atoms with van der Waals surface area (Å²) in [6.45, 7) is 0.384. The molecule has 7 heterocycles. The van der Waals surface area contributed by atoms with Gasteiger partial charge in [-0.2, -0.15) is 13.2 Å². The van der Waals surface area contributed by atoms with E-state index in [0.29, 0.717) is 45.4 Å². The van der Waals surface area contributed by atoms with Crippen LogP contribution in [0.1, 0.15) is 81.8 Å². The number of esters is 3. The molecule has 7 aromatic heterocycles. The summed E-state index contributed by atoms with van der Waals surface area (Å²) < 4.78 is 75.4. The molecule has 0 aliphatic carbocycles. The maximum absolute atomic E-state index is 11.6. The molecule has 0 saturated heterocycles. The number of carbonyl (C=O) groups excluding carboxylic acids is 3. The predicted octanol–water partition coefficient (Wildman–Crippen LogP) is 21.5. The number of ether oxygens (including phenoxy) is 7. The van der Waals surface area contributed by atoms with E-state index < -0.39 is 18.1 Å². The first-order valence-electron chi connectivity index (χ1n) is 39.4. The number of nitrogens with one attached hydrogen (secondary N) is 6. The quantitative estimate of drug-likeness (QED) is 0.00793. The number of rotatable bonds is 21. The number of carbonyl (C=O) groups is 6. The molecule has 0 atom stereocenters. The van der Waals surface area contributed by atoms with E-state index in [1.165, 1.54) is 78.0 Å². The number of carboxylic acid groups (broad SMARTS) is 3. The van der Waals surface area contributed by atoms with Gasteiger partial charge >= 0.3 is 36.0 Å². The van der Waals surface area contributed by atoms with Gasteiger partial charge in [-0.1, -0.05) is 91.0 Å². The van der Waals surface area contributed by atoms with E-state index in [9.17, 15) is 32.3 Å². The summed E-state index contributed by atoms with van der Waals surface area (Å²) in [6.07, 6.45) is -1.47. The Bertz CT molecular complexity index is 7380. The molecule has 17 aromatic rings. The number of nitrogens with zero attached hydrogens (tertiary/aromatic N) is 1. The van der Waals surface area contributed by atoms with Gasteiger partial charge in [-0.25, -0.2) is 24.0 Å². The monoisotopic (exact) mass is 2130 g/mol. The molecule has 0 saturated carbocycles. The van der Waals surface area contributed by atoms with Gasteiger partial charge in [-0.15, -0.1) is 92.8 Å². The van der Waals surface area contributed by atoms with Crippen LogP contribution in [0.2, 0.25) is 0 Å². The summed E-state index contributed by atoms with van der Waals surface area (Å²) >= 11 is 11.1. The molecule has 0 aliphatic heterocycles. The first kappa shape index (κ1) is 108. The van der Waals surface area contributed by atoms with Gasteiger partial charge in [0.05, 0.1) is 87.1 Å². The molecular formula is C97H85Cl2F3IN13O16S6. The number of amidine groups is 6. The molecule has 0 bridgehead atoms. The molecule has 0 fully saturated rings. The summed E-state index contributed by atoms with van der Waals surface area (Å²) in [4.78, 5) is 71.6. The molecule has 138 heavy (non-hydrogen) atoms. The molecule has 0 unspecified atom stereocenters. The fourth-order valence-corrected chi connectivity index (χ4v) is 19.3. The topological polar surface area (TPSA) is 540 Å². The molecule has 21 N–H and O–H groups in total. The summed E-state index contributed by atoms with van der Waals surface area (Å²) in [5.41, 5.74) is 42.9. The van der Waals surface area contributed by atoms with Crippen molar-refractivity contribution in [3.05, 3.63) is 321 Å². The highest BCUT2D eigenvalue weighted by molar-refractivity contribution is 14.1. The first-order chi connectivity index (χ1) is 64.9. The van der Waals surface area contributed by atoms with Crippen molar-refractivity contribution in [2.24, 2.45) is 34.4 Å². The number of nitrogen functional groups attached to an aromatic ring is 6. The molecule has 17 rings (SSSR count). The maximum atomic E-state index is 11.6. The second-order valence-electron chi connectivity index (χ2n) is 28.2. The number of hydrogen-bond acceptors (Lipinski definition) is 26. The predicted molar refractivity (Wildman–Crippen MR) is 556 cm³/mol. The number of nitrogens with two attached hydrogens (primary N) is 6. The van der Waals surface area contributed by atoms with Gasteiger partial charge in [0.25, 0.3) is 6.47 Å². The number of alkyl halides is 3. The van der Waals surface area contributed by atoms with Crippen molar-refractivity contribution in [1.82, 2.24) is 4.98 Å². The molecule has 29 nitrogen and oxygen atoms in total. The van der Waals surface area contributed by atoms with Crippen LogP contribution in [-0.2, 0) is 37.0 Å². The van der Waals surface area contributed by atoms with Crippen molar-refractivity contribution < 1.29 is 90.4 Å². The summed E-state index contributed by atoms with van der Waals surface area (Å²) in [6, 6.07) is 75.7. The van der Waals surface area contributed by atoms with Crippen LogP contribution in [0.4, 0.5) is 13.2 Å². The van der Waals surface area contributed by atoms with Crippen molar-refractivity contribution in [3.8, 4) is 56.4 Å². The van der Waals surface area contributed by atoms with E-state index in [0.717, 1.165) is 139 Å². The third-order valence-electron chi connectivity index (χ3n) is 19.1. The molecule has 712 valence electrons. The van der Waals surface area contributed by atoms with Gasteiger partial charge in [0, 0.05) is 65.9 Å². The van der Waals surface area contributed by atoms with E-state index in [-0.39, 0.29) is 96.4 Å². The van der Waals surface area contributed by atoms with Crippen molar-refractivity contribution >= 4 is 247 Å². The fourth-order valence-electron chi connectivity index (χ4n) is 12.7. The Labute approximate surface area is 835 Å². The zero-order chi connectivity index (χ0) is 98.8. The lowest BCUT2D eigenvalue weighted by atomic mass is 10.0. The molecule has 0 amide bonds. The van der Waals surface area contributed by atoms with Crippen molar-refractivity contribution in [2.75, 3.05) is 35.5 Å². The van der Waals surface area contributed by atoms with E-state index in [4.69, 9.17) is 125 Å². The highest BCUT2D eigenvalue weighted by atomic mass is 127. The normalized spacial score (nSPS) is 10.3. The molecule has 0 aliphatic rings. The minimum atomic E-state index is -5.08. The second kappa shape index (κ2) is 50.6. The van der Waals surface area contributed by atoms with Gasteiger partial charge in [0.2, 0.25) is 0 Å². The molecule has 41 heteroatoms. The standard InChI is InChI=1S/C18H15IN2O3S.C17H14N2O3S.C17H16N2O2S.C17H14N2O2S.C14H11N3S.C11H10N2O2S.C2HF3O2.CH2O2.2ClH/c1-23-18(22)11-4-2-3-10(5-11)9-24-12-6-14(19)13-8-16(17(20)21)25-15(13)7-12;18-16(19)15-7-11-4-5-13(8-14(11)23-15)22-9-10-2-1-3-12(6-10)17(20)21;1-20-13-6-5-10(7-14(13)21-2)11-3-4-12-9-16(17(18)19)22-15(12)8-11;1-21-17(20)13-4-2-3-10(7-13)11-5-6-12-9-15(16(18)19)22-14(12)8-11;15-14(16)13-7-11-10(4-1-5-12(11)18-13)9-3-2-6-17-8-9;1-15-11(14)6-3-2-4-8-7(6)5-9(16-8)10(12)13;3-2(4,5)1(6)7;2-1-3;;/h2-8H,9H2,1H3,(H3,20,21);1-8H,9H2,(H3,18,19)(H,20,21);3-9H,1-2H3,(H3,18,19);2-9H,1H3,(H3,18,19);1-8H,(H3,15,16);2-5H,1H3,(H3,12,13);(H,6,7);1H,(H,2,3);2*1H. The summed E-state index contributed by atoms with van der Waals surface area (Å²) in [5, 5.41) is 74.1. The zero-order valence-corrected chi connectivity index (χ0v) is 81.8. The number of pyridine rings is 1. The Morgan fingerprint density at radius 2 is 0.783 bits per heavy atom. The van der Waals surface area contributed by atoms with Gasteiger partial charge < -0.3 is 82.9 Å². The third-order valence-corrected chi connectivity index (χ3v) is 26.8. The van der Waals surface area contributed by atoms with Gasteiger partial charge in [-0.3, -0.25) is 42.2 Å². The van der Waals surface area contributed by atoms with Gasteiger partial charge in [0.15, 0.2) is 11.5 Å². The zero-order valence-electron chi connectivity index (χ0n) is 73.1. The maximum Gasteiger partial charge on any atom is 0.490 e. The Morgan fingerprint density at radius 1 is 0.399 bits per heavy atom. The average Bonchev–Trinajstić information content (AvgIpc) is 1.62. The second-order valence-corrected chi connectivity index (χ2v) is 35.8. The smallest absolute Gasteiger partial charge is 0.490 e. The number of aromatic nitrogens is 1. The van der Waals surface area contributed by atoms with Crippen molar-refractivity contribution in [1.29, 1.82) is 32.5 Å². The molecular weight excluding hydrogens is 2050 g/mol. The highest BCUT2D eigenvalue weighted by Gasteiger charge is 2.38. The number of halogens is 6. The van der Waals surface area contributed by atoms with E-state index >= 15 is 0 Å². The van der Waals surface area contributed by atoms with Crippen LogP contribution >= 0.6 is 115 Å². The van der Waals surface area contributed by atoms with Crippen molar-refractivity contribution in [3.63, 3.8) is 0 Å². The van der Waals surface area contributed by atoms with Gasteiger partial charge in [-0.05, 0) is 229 Å². The molecule has 0 radical (unpaired) electrons. The average molecular weight is 2140 g/mol. The largest absolute Gasteiger partial charge is 0.493 e. The third kappa shape index (κ3) is 29.1. The van der Waals surface area contributed by atoms with Crippen LogP contribution < -0.4 is 53.3 Å². The van der Waals surface area contributed by atoms with E-state index in [2.05, 4.69) is 45.8 Å². The lowest BCUT2D eigenvalue weighted by Gasteiger charge is -2.09. The highest BCUT2D eigenvalue weighted by Crippen LogP contribution is 2.40. The molecule has 0 spiro atoms. The van der Waals surface area contributed by atoms with Crippen LogP contribution in [0.3, 0.4) is 0 Å². The minimum Gasteiger partial charge on any atom is -0.493 e. The van der Waals surface area contributed by atoms with Gasteiger partial charge in [0.1, 0.15) is 59.7 Å². The lowest BCUT2D eigenvalue weighted by molar-refractivity contribution is -0.192. The van der Waals surface area contributed by atoms with E-state index in [1.54, 1.807) is 92.4 Å². The lowest BCUT2D eigenvalue weighted by Crippen LogP contribution is -2.21. The van der Waals surface area contributed by atoms with Crippen LogP contribution in [0, 0.1) is 36.0 Å². The number of methoxy groups -OCH3 is 5. The number of aliphatic carboxylic acids is 1. The number of thiophene rings is 6. The number of hydrogen-bond donors (Lipinski definition) is 15. The van der Waals surface area contributed by atoms with Crippen LogP contribution in [0.15, 0.2) is 255 Å². The Morgan fingerprint density at radius 3 is 1.26 bits per heavy atom. The minimum absolute atomic E-state index is 0. The molecule has 10 aromatic carbocycles. The number of aromatic carboxylic acids is 1. The Kier molecular flexibility index (Phi) is 39.7. The Balaban J connectivity index is 0.000000199. The first-order valence-corrected chi connectivity index (χ1v) is 45.4. The van der Waals surface area contributed by atoms with Crippen LogP contribution in [0.25, 0.3) is 93.9 Å².